The Morgan fingerprint density at radius 2 is 2.00 bits per heavy atom. The monoisotopic (exact) mass is 538 g/mol. The van der Waals surface area contributed by atoms with Crippen LogP contribution in [0.4, 0.5) is 8.78 Å². The Labute approximate surface area is 203 Å². The minimum Gasteiger partial charge on any atom is -0.496 e. The van der Waals surface area contributed by atoms with Crippen LogP contribution in [0.1, 0.15) is 54.0 Å². The smallest absolute Gasteiger partial charge is 0.290 e. The number of likely N-dealkylation sites (tertiary alicyclic amines) is 1. The molecule has 0 bridgehead atoms. The zero-order valence-corrected chi connectivity index (χ0v) is 20.4. The number of aliphatic hydroxyl groups is 1. The molecule has 5 rings (SSSR count). The van der Waals surface area contributed by atoms with Gasteiger partial charge in [-0.25, -0.2) is 13.8 Å². The van der Waals surface area contributed by atoms with E-state index in [4.69, 9.17) is 10.5 Å². The lowest BCUT2D eigenvalue weighted by Crippen LogP contribution is -2.54. The standard InChI is InChI=1S/C23H25BrF2N4O4/c1-22(21(27)33)9-13(31)10-30(22)20(32)19-28-17(12-7-23(25,26)8-12)18-14-6-15(24)16(34-2)5-11(14)3-4-29(18)19/h5-6,12-13,31H,3-4,7-10H2,1-2H3,(H2,27,33)/t13-,22+/m0/s1. The van der Waals surface area contributed by atoms with Crippen molar-refractivity contribution in [1.82, 2.24) is 14.5 Å². The molecule has 3 N–H and O–H groups in total. The number of aromatic nitrogens is 2. The lowest BCUT2D eigenvalue weighted by atomic mass is 9.77. The van der Waals surface area contributed by atoms with E-state index in [1.165, 1.54) is 11.8 Å². The molecule has 1 aliphatic carbocycles. The van der Waals surface area contributed by atoms with Crippen molar-refractivity contribution in [2.75, 3.05) is 13.7 Å². The molecule has 0 spiro atoms. The number of alkyl halides is 2. The number of aryl methyl sites for hydroxylation is 1. The number of carbonyl (C=O) groups excluding carboxylic acids is 2. The molecule has 2 aliphatic heterocycles. The van der Waals surface area contributed by atoms with Crippen molar-refractivity contribution < 1.29 is 28.2 Å². The number of rotatable bonds is 4. The summed E-state index contributed by atoms with van der Waals surface area (Å²) in [5.74, 6) is -3.79. The van der Waals surface area contributed by atoms with Crippen LogP contribution in [0.15, 0.2) is 16.6 Å². The Balaban J connectivity index is 1.64. The zero-order valence-electron chi connectivity index (χ0n) is 18.8. The maximum atomic E-state index is 13.8. The highest BCUT2D eigenvalue weighted by molar-refractivity contribution is 9.10. The van der Waals surface area contributed by atoms with Crippen LogP contribution in [-0.2, 0) is 17.8 Å². The minimum atomic E-state index is -2.76. The van der Waals surface area contributed by atoms with Crippen LogP contribution in [0.5, 0.6) is 5.75 Å². The predicted octanol–water partition coefficient (Wildman–Crippen LogP) is 2.84. The first-order valence-electron chi connectivity index (χ1n) is 11.1. The molecule has 3 aliphatic rings. The number of halogens is 3. The molecule has 0 unspecified atom stereocenters. The maximum absolute atomic E-state index is 13.8. The van der Waals surface area contributed by atoms with Gasteiger partial charge in [0.05, 0.1) is 29.1 Å². The molecule has 0 radical (unpaired) electrons. The van der Waals surface area contributed by atoms with Crippen molar-refractivity contribution in [2.24, 2.45) is 5.73 Å². The van der Waals surface area contributed by atoms with E-state index in [0.29, 0.717) is 34.6 Å². The van der Waals surface area contributed by atoms with Crippen LogP contribution < -0.4 is 10.5 Å². The molecule has 1 aromatic heterocycles. The molecule has 34 heavy (non-hydrogen) atoms. The highest BCUT2D eigenvalue weighted by Gasteiger charge is 2.51. The summed E-state index contributed by atoms with van der Waals surface area (Å²) in [5.41, 5.74) is 7.08. The molecule has 3 heterocycles. The Bertz CT molecular complexity index is 1210. The Hall–Kier alpha value is -2.53. The number of nitrogens with zero attached hydrogens (tertiary/aromatic N) is 3. The second-order valence-electron chi connectivity index (χ2n) is 9.59. The van der Waals surface area contributed by atoms with Crippen LogP contribution in [-0.4, -0.2) is 62.6 Å². The van der Waals surface area contributed by atoms with Crippen LogP contribution in [0.25, 0.3) is 11.3 Å². The second kappa shape index (κ2) is 7.74. The number of hydrogen-bond donors (Lipinski definition) is 2. The number of methoxy groups -OCH3 is 1. The quantitative estimate of drug-likeness (QED) is 0.621. The number of β-amino-alcohol motifs (C(OH)–C–C–N with tert-alkyl or cyclic N) is 1. The van der Waals surface area contributed by atoms with Gasteiger partial charge in [0.1, 0.15) is 11.3 Å². The van der Waals surface area contributed by atoms with Gasteiger partial charge in [-0.15, -0.1) is 0 Å². The summed E-state index contributed by atoms with van der Waals surface area (Å²) in [7, 11) is 1.57. The van der Waals surface area contributed by atoms with Crippen molar-refractivity contribution in [3.05, 3.63) is 33.7 Å². The topological polar surface area (TPSA) is 111 Å². The van der Waals surface area contributed by atoms with Gasteiger partial charge in [-0.1, -0.05) is 0 Å². The largest absolute Gasteiger partial charge is 0.496 e. The van der Waals surface area contributed by atoms with Crippen molar-refractivity contribution in [3.63, 3.8) is 0 Å². The molecular weight excluding hydrogens is 514 g/mol. The number of carbonyl (C=O) groups is 2. The molecular formula is C23H25BrF2N4O4. The van der Waals surface area contributed by atoms with Gasteiger partial charge >= 0.3 is 0 Å². The molecule has 8 nitrogen and oxygen atoms in total. The van der Waals surface area contributed by atoms with Gasteiger partial charge in [0.25, 0.3) is 5.91 Å². The van der Waals surface area contributed by atoms with E-state index >= 15 is 0 Å². The van der Waals surface area contributed by atoms with Gasteiger partial charge in [0.15, 0.2) is 5.82 Å². The number of nitrogens with two attached hydrogens (primary N) is 1. The Morgan fingerprint density at radius 1 is 1.29 bits per heavy atom. The van der Waals surface area contributed by atoms with E-state index in [-0.39, 0.29) is 31.6 Å². The van der Waals surface area contributed by atoms with Crippen LogP contribution in [0.2, 0.25) is 0 Å². The normalized spacial score (nSPS) is 25.5. The van der Waals surface area contributed by atoms with E-state index in [2.05, 4.69) is 20.9 Å². The molecule has 1 saturated carbocycles. The SMILES string of the molecule is COc1cc2c(cc1Br)-c1c(C3CC(F)(F)C3)nc(C(=O)N3C[C@@H](O)C[C@]3(C)C(N)=O)n1CC2. The van der Waals surface area contributed by atoms with Crippen molar-refractivity contribution >= 4 is 27.7 Å². The number of imidazole rings is 1. The van der Waals surface area contributed by atoms with Crippen molar-refractivity contribution in [1.29, 1.82) is 0 Å². The average Bonchev–Trinajstić information content (AvgIpc) is 3.29. The van der Waals surface area contributed by atoms with E-state index in [1.54, 1.807) is 11.7 Å². The number of amides is 2. The fraction of sp³-hybridized carbons (Fsp3) is 0.522. The maximum Gasteiger partial charge on any atom is 0.290 e. The number of primary amides is 1. The zero-order chi connectivity index (χ0) is 24.6. The summed E-state index contributed by atoms with van der Waals surface area (Å²) in [6.45, 7) is 1.88. The summed E-state index contributed by atoms with van der Waals surface area (Å²) < 4.78 is 35.4. The van der Waals surface area contributed by atoms with Gasteiger partial charge < -0.3 is 25.0 Å². The summed E-state index contributed by atoms with van der Waals surface area (Å²) in [4.78, 5) is 31.7. The van der Waals surface area contributed by atoms with Crippen LogP contribution >= 0.6 is 15.9 Å². The average molecular weight is 539 g/mol. The molecule has 2 atom stereocenters. The first-order valence-corrected chi connectivity index (χ1v) is 11.9. The summed E-state index contributed by atoms with van der Waals surface area (Å²) >= 11 is 3.50. The van der Waals surface area contributed by atoms with Gasteiger partial charge in [0.2, 0.25) is 11.8 Å². The molecule has 1 saturated heterocycles. The molecule has 2 amide bonds. The summed E-state index contributed by atoms with van der Waals surface area (Å²) in [6.07, 6.45) is -0.958. The number of fused-ring (bicyclic) bond motifs is 3. The third-order valence-corrected chi connectivity index (χ3v) is 7.92. The second-order valence-corrected chi connectivity index (χ2v) is 10.4. The van der Waals surface area contributed by atoms with Gasteiger partial charge in [-0.05, 0) is 47.0 Å². The first-order chi connectivity index (χ1) is 15.9. The van der Waals surface area contributed by atoms with Crippen LogP contribution in [0.3, 0.4) is 0 Å². The van der Waals surface area contributed by atoms with Gasteiger partial charge in [-0.3, -0.25) is 9.59 Å². The number of benzene rings is 1. The number of ether oxygens (including phenoxy) is 1. The molecule has 2 fully saturated rings. The highest BCUT2D eigenvalue weighted by atomic mass is 79.9. The third-order valence-electron chi connectivity index (χ3n) is 7.30. The van der Waals surface area contributed by atoms with E-state index in [0.717, 1.165) is 11.1 Å². The van der Waals surface area contributed by atoms with Gasteiger partial charge in [-0.2, -0.15) is 0 Å². The summed E-state index contributed by atoms with van der Waals surface area (Å²) in [5, 5.41) is 10.2. The van der Waals surface area contributed by atoms with Gasteiger partial charge in [0, 0.05) is 43.8 Å². The van der Waals surface area contributed by atoms with E-state index < -0.39 is 35.3 Å². The molecule has 1 aromatic carbocycles. The summed E-state index contributed by atoms with van der Waals surface area (Å²) in [6, 6.07) is 3.76. The Kier molecular flexibility index (Phi) is 5.29. The molecule has 2 aromatic rings. The highest BCUT2D eigenvalue weighted by Crippen LogP contribution is 2.51. The predicted molar refractivity (Wildman–Crippen MR) is 122 cm³/mol. The van der Waals surface area contributed by atoms with Crippen LogP contribution in [0, 0.1) is 0 Å². The Morgan fingerprint density at radius 3 is 2.62 bits per heavy atom. The number of aliphatic hydroxyl groups excluding tert-OH is 1. The van der Waals surface area contributed by atoms with Crippen molar-refractivity contribution in [2.45, 2.75) is 62.6 Å². The van der Waals surface area contributed by atoms with E-state index in [9.17, 15) is 23.5 Å². The van der Waals surface area contributed by atoms with E-state index in [1.807, 2.05) is 12.1 Å². The third kappa shape index (κ3) is 3.43. The lowest BCUT2D eigenvalue weighted by Gasteiger charge is -2.35. The first kappa shape index (κ1) is 23.2. The van der Waals surface area contributed by atoms with Crippen molar-refractivity contribution in [3.8, 4) is 17.0 Å². The minimum absolute atomic E-state index is 0.0267. The fourth-order valence-electron chi connectivity index (χ4n) is 5.39. The molecule has 11 heteroatoms. The number of hydrogen-bond acceptors (Lipinski definition) is 5. The molecule has 182 valence electrons. The fourth-order valence-corrected chi connectivity index (χ4v) is 5.90. The lowest BCUT2D eigenvalue weighted by molar-refractivity contribution is -0.126.